The molecule has 1 aliphatic heterocycles. The van der Waals surface area contributed by atoms with Crippen LogP contribution in [0.25, 0.3) is 0 Å². The Morgan fingerprint density at radius 2 is 2.29 bits per heavy atom. The molecule has 2 rings (SSSR count). The fourth-order valence-corrected chi connectivity index (χ4v) is 2.13. The minimum absolute atomic E-state index is 0.00741. The zero-order valence-electron chi connectivity index (χ0n) is 9.81. The predicted octanol–water partition coefficient (Wildman–Crippen LogP) is 1.14. The van der Waals surface area contributed by atoms with Crippen LogP contribution in [0.5, 0.6) is 0 Å². The third kappa shape index (κ3) is 2.22. The fourth-order valence-electron chi connectivity index (χ4n) is 2.13. The van der Waals surface area contributed by atoms with E-state index in [0.717, 1.165) is 18.3 Å². The van der Waals surface area contributed by atoms with E-state index in [1.807, 2.05) is 0 Å². The summed E-state index contributed by atoms with van der Waals surface area (Å²) in [6, 6.07) is 5.29. The molecule has 4 nitrogen and oxygen atoms in total. The number of hydrogen-bond acceptors (Lipinski definition) is 3. The van der Waals surface area contributed by atoms with Gasteiger partial charge in [0.2, 0.25) is 0 Å². The second-order valence-electron chi connectivity index (χ2n) is 4.03. The van der Waals surface area contributed by atoms with Crippen molar-refractivity contribution in [2.24, 2.45) is 0 Å². The van der Waals surface area contributed by atoms with Gasteiger partial charge in [-0.25, -0.2) is 0 Å². The Kier molecular flexibility index (Phi) is 3.54. The van der Waals surface area contributed by atoms with E-state index in [2.05, 4.69) is 0 Å². The van der Waals surface area contributed by atoms with E-state index in [9.17, 15) is 9.59 Å². The molecule has 1 aliphatic rings. The molecule has 90 valence electrons. The summed E-state index contributed by atoms with van der Waals surface area (Å²) < 4.78 is 4.98. The van der Waals surface area contributed by atoms with Gasteiger partial charge in [0.1, 0.15) is 6.29 Å². The molecule has 4 heteroatoms. The lowest BCUT2D eigenvalue weighted by Crippen LogP contribution is -2.39. The van der Waals surface area contributed by atoms with Gasteiger partial charge in [0.25, 0.3) is 5.91 Å². The maximum Gasteiger partial charge on any atom is 0.254 e. The summed E-state index contributed by atoms with van der Waals surface area (Å²) in [7, 11) is 1.62. The van der Waals surface area contributed by atoms with Crippen LogP contribution in [-0.4, -0.2) is 43.9 Å². The van der Waals surface area contributed by atoms with E-state index in [1.54, 1.807) is 30.2 Å². The van der Waals surface area contributed by atoms with Crippen molar-refractivity contribution < 1.29 is 14.3 Å². The lowest BCUT2D eigenvalue weighted by atomic mass is 9.94. The summed E-state index contributed by atoms with van der Waals surface area (Å²) in [4.78, 5) is 24.8. The van der Waals surface area contributed by atoms with Gasteiger partial charge in [0.05, 0.1) is 6.61 Å². The number of benzene rings is 1. The van der Waals surface area contributed by atoms with Gasteiger partial charge in [-0.2, -0.15) is 0 Å². The molecule has 0 aromatic heterocycles. The molecule has 0 saturated heterocycles. The molecule has 0 unspecified atom stereocenters. The normalized spacial score (nSPS) is 14.6. The third-order valence-electron chi connectivity index (χ3n) is 3.05. The highest BCUT2D eigenvalue weighted by Crippen LogP contribution is 2.21. The first-order chi connectivity index (χ1) is 8.27. The van der Waals surface area contributed by atoms with Crippen molar-refractivity contribution in [3.8, 4) is 0 Å². The highest BCUT2D eigenvalue weighted by molar-refractivity contribution is 5.99. The van der Waals surface area contributed by atoms with Crippen LogP contribution in [0.2, 0.25) is 0 Å². The van der Waals surface area contributed by atoms with Gasteiger partial charge >= 0.3 is 0 Å². The Balaban J connectivity index is 2.27. The Morgan fingerprint density at radius 1 is 1.47 bits per heavy atom. The number of rotatable bonds is 4. The molecule has 0 atom stereocenters. The zero-order chi connectivity index (χ0) is 12.3. The zero-order valence-corrected chi connectivity index (χ0v) is 9.81. The molecule has 0 bridgehead atoms. The maximum absolute atomic E-state index is 12.1. The van der Waals surface area contributed by atoms with Crippen LogP contribution in [0.3, 0.4) is 0 Å². The maximum atomic E-state index is 12.1. The summed E-state index contributed by atoms with van der Waals surface area (Å²) in [5.74, 6) is -0.00741. The van der Waals surface area contributed by atoms with Gasteiger partial charge in [0.15, 0.2) is 0 Å². The van der Waals surface area contributed by atoms with Gasteiger partial charge in [-0.15, -0.1) is 0 Å². The number of aldehydes is 1. The highest BCUT2D eigenvalue weighted by Gasteiger charge is 2.25. The van der Waals surface area contributed by atoms with Crippen LogP contribution in [0, 0.1) is 0 Å². The number of hydrogen-bond donors (Lipinski definition) is 0. The molecule has 0 radical (unpaired) electrons. The Morgan fingerprint density at radius 3 is 3.00 bits per heavy atom. The number of fused-ring (bicyclic) bond motifs is 1. The molecular weight excluding hydrogens is 218 g/mol. The lowest BCUT2D eigenvalue weighted by molar-refractivity contribution is 0.0678. The third-order valence-corrected chi connectivity index (χ3v) is 3.05. The van der Waals surface area contributed by atoms with Crippen LogP contribution in [0.15, 0.2) is 18.2 Å². The van der Waals surface area contributed by atoms with E-state index < -0.39 is 0 Å². The minimum atomic E-state index is -0.00741. The molecule has 0 fully saturated rings. The van der Waals surface area contributed by atoms with Crippen molar-refractivity contribution in [2.75, 3.05) is 26.8 Å². The Bertz CT molecular complexity index is 442. The summed E-state index contributed by atoms with van der Waals surface area (Å²) in [6.45, 7) is 1.79. The van der Waals surface area contributed by atoms with E-state index in [0.29, 0.717) is 30.8 Å². The molecule has 1 aromatic carbocycles. The summed E-state index contributed by atoms with van der Waals surface area (Å²) in [6.07, 6.45) is 1.55. The molecular formula is C13H15NO3. The van der Waals surface area contributed by atoms with Gasteiger partial charge in [-0.05, 0) is 18.1 Å². The van der Waals surface area contributed by atoms with Crippen LogP contribution >= 0.6 is 0 Å². The van der Waals surface area contributed by atoms with Gasteiger partial charge in [-0.1, -0.05) is 12.1 Å². The molecule has 0 spiro atoms. The summed E-state index contributed by atoms with van der Waals surface area (Å²) in [5, 5.41) is 0. The van der Waals surface area contributed by atoms with Crippen molar-refractivity contribution >= 4 is 12.2 Å². The van der Waals surface area contributed by atoms with Crippen LogP contribution in [0.1, 0.15) is 26.3 Å². The first-order valence-corrected chi connectivity index (χ1v) is 5.63. The smallest absolute Gasteiger partial charge is 0.254 e. The summed E-state index contributed by atoms with van der Waals surface area (Å²) >= 11 is 0. The van der Waals surface area contributed by atoms with E-state index in [4.69, 9.17) is 4.74 Å². The van der Waals surface area contributed by atoms with Gasteiger partial charge < -0.3 is 9.64 Å². The van der Waals surface area contributed by atoms with Crippen molar-refractivity contribution in [3.05, 3.63) is 34.9 Å². The van der Waals surface area contributed by atoms with Crippen LogP contribution < -0.4 is 0 Å². The average Bonchev–Trinajstić information content (AvgIpc) is 2.37. The van der Waals surface area contributed by atoms with Crippen molar-refractivity contribution in [3.63, 3.8) is 0 Å². The van der Waals surface area contributed by atoms with Gasteiger partial charge in [-0.3, -0.25) is 9.59 Å². The predicted molar refractivity (Wildman–Crippen MR) is 63.3 cm³/mol. The van der Waals surface area contributed by atoms with Crippen molar-refractivity contribution in [2.45, 2.75) is 6.42 Å². The van der Waals surface area contributed by atoms with Gasteiger partial charge in [0, 0.05) is 31.3 Å². The number of carbonyl (C=O) groups excluding carboxylic acids is 2. The summed E-state index contributed by atoms with van der Waals surface area (Å²) in [5.41, 5.74) is 2.15. The first-order valence-electron chi connectivity index (χ1n) is 5.63. The van der Waals surface area contributed by atoms with Crippen LogP contribution in [-0.2, 0) is 11.2 Å². The molecule has 0 aliphatic carbocycles. The number of methoxy groups -OCH3 is 1. The SMILES string of the molecule is COCCN1CCc2c(C=O)cccc2C1=O. The fraction of sp³-hybridized carbons (Fsp3) is 0.385. The van der Waals surface area contributed by atoms with E-state index in [-0.39, 0.29) is 5.91 Å². The Hall–Kier alpha value is -1.68. The van der Waals surface area contributed by atoms with Crippen LogP contribution in [0.4, 0.5) is 0 Å². The first kappa shape index (κ1) is 11.8. The monoisotopic (exact) mass is 233 g/mol. The van der Waals surface area contributed by atoms with Crippen molar-refractivity contribution in [1.29, 1.82) is 0 Å². The second kappa shape index (κ2) is 5.10. The quantitative estimate of drug-likeness (QED) is 0.733. The molecule has 0 saturated carbocycles. The highest BCUT2D eigenvalue weighted by atomic mass is 16.5. The number of amides is 1. The Labute approximate surface area is 100 Å². The molecule has 1 aromatic rings. The average molecular weight is 233 g/mol. The van der Waals surface area contributed by atoms with E-state index in [1.165, 1.54) is 0 Å². The molecule has 17 heavy (non-hydrogen) atoms. The second-order valence-corrected chi connectivity index (χ2v) is 4.03. The lowest BCUT2D eigenvalue weighted by Gasteiger charge is -2.28. The number of ether oxygens (including phenoxy) is 1. The van der Waals surface area contributed by atoms with E-state index >= 15 is 0 Å². The molecule has 1 amide bonds. The van der Waals surface area contributed by atoms with Crippen molar-refractivity contribution in [1.82, 2.24) is 4.90 Å². The molecule has 1 heterocycles. The number of nitrogens with zero attached hydrogens (tertiary/aromatic N) is 1. The molecule has 0 N–H and O–H groups in total. The largest absolute Gasteiger partial charge is 0.383 e. The topological polar surface area (TPSA) is 46.6 Å². The number of carbonyl (C=O) groups is 2. The minimum Gasteiger partial charge on any atom is -0.383 e. The standard InChI is InChI=1S/C13H15NO3/c1-17-8-7-14-6-5-11-10(9-15)3-2-4-12(11)13(14)16/h2-4,9H,5-8H2,1H3.